The van der Waals surface area contributed by atoms with E-state index < -0.39 is 0 Å². The Morgan fingerprint density at radius 1 is 1.39 bits per heavy atom. The molecule has 2 aliphatic rings. The zero-order valence-corrected chi connectivity index (χ0v) is 13.4. The number of aromatic nitrogens is 2. The van der Waals surface area contributed by atoms with Crippen LogP contribution in [0, 0.1) is 0 Å². The first-order chi connectivity index (χ1) is 11.2. The van der Waals surface area contributed by atoms with Crippen molar-refractivity contribution in [1.29, 1.82) is 0 Å². The van der Waals surface area contributed by atoms with Crippen molar-refractivity contribution < 1.29 is 19.1 Å². The standard InChI is InChI=1S/C15H22N4O4/c1-2-3-7-23-15(21)17-4-5-19-13(10-17)12(9-16-19)18-6-8-22-11-14(18)20/h9H,2-8,10-11H2,1H3. The van der Waals surface area contributed by atoms with Gasteiger partial charge in [0.1, 0.15) is 6.61 Å². The predicted molar refractivity (Wildman–Crippen MR) is 82.1 cm³/mol. The van der Waals surface area contributed by atoms with Gasteiger partial charge < -0.3 is 19.3 Å². The van der Waals surface area contributed by atoms with Crippen LogP contribution in [0.1, 0.15) is 25.5 Å². The fraction of sp³-hybridized carbons (Fsp3) is 0.667. The number of hydrogen-bond acceptors (Lipinski definition) is 5. The lowest BCUT2D eigenvalue weighted by Crippen LogP contribution is -2.43. The van der Waals surface area contributed by atoms with E-state index >= 15 is 0 Å². The maximum Gasteiger partial charge on any atom is 0.410 e. The summed E-state index contributed by atoms with van der Waals surface area (Å²) in [6.07, 6.45) is 3.25. The van der Waals surface area contributed by atoms with Gasteiger partial charge in [0, 0.05) is 13.1 Å². The summed E-state index contributed by atoms with van der Waals surface area (Å²) >= 11 is 0. The molecule has 23 heavy (non-hydrogen) atoms. The minimum atomic E-state index is -0.301. The van der Waals surface area contributed by atoms with Gasteiger partial charge in [-0.05, 0) is 6.42 Å². The molecular weight excluding hydrogens is 300 g/mol. The minimum absolute atomic E-state index is 0.0744. The average molecular weight is 322 g/mol. The van der Waals surface area contributed by atoms with Crippen LogP contribution in [0.25, 0.3) is 0 Å². The Kier molecular flexibility index (Phi) is 4.80. The summed E-state index contributed by atoms with van der Waals surface area (Å²) < 4.78 is 12.3. The number of rotatable bonds is 4. The fourth-order valence-electron chi connectivity index (χ4n) is 2.78. The summed E-state index contributed by atoms with van der Waals surface area (Å²) in [6, 6.07) is 0. The molecule has 2 aliphatic heterocycles. The number of hydrogen-bond donors (Lipinski definition) is 0. The molecular formula is C15H22N4O4. The van der Waals surface area contributed by atoms with Crippen molar-refractivity contribution in [3.8, 4) is 0 Å². The Balaban J connectivity index is 1.71. The SMILES string of the molecule is CCCCOC(=O)N1CCn2ncc(N3CCOCC3=O)c2C1. The fourth-order valence-corrected chi connectivity index (χ4v) is 2.78. The Morgan fingerprint density at radius 2 is 2.26 bits per heavy atom. The van der Waals surface area contributed by atoms with Crippen LogP contribution >= 0.6 is 0 Å². The highest BCUT2D eigenvalue weighted by Crippen LogP contribution is 2.26. The molecule has 0 saturated carbocycles. The van der Waals surface area contributed by atoms with Gasteiger partial charge in [-0.1, -0.05) is 13.3 Å². The second-order valence-electron chi connectivity index (χ2n) is 5.69. The van der Waals surface area contributed by atoms with Crippen LogP contribution in [-0.4, -0.2) is 59.6 Å². The Labute approximate surface area is 134 Å². The lowest BCUT2D eigenvalue weighted by atomic mass is 10.2. The highest BCUT2D eigenvalue weighted by molar-refractivity contribution is 5.95. The van der Waals surface area contributed by atoms with E-state index in [1.54, 1.807) is 16.0 Å². The van der Waals surface area contributed by atoms with Crippen LogP contribution in [0.5, 0.6) is 0 Å². The van der Waals surface area contributed by atoms with E-state index in [1.807, 2.05) is 4.68 Å². The van der Waals surface area contributed by atoms with Crippen molar-refractivity contribution in [2.75, 3.05) is 37.8 Å². The van der Waals surface area contributed by atoms with Gasteiger partial charge >= 0.3 is 6.09 Å². The molecule has 1 fully saturated rings. The number of carbonyl (C=O) groups excluding carboxylic acids is 2. The number of nitrogens with zero attached hydrogens (tertiary/aromatic N) is 4. The molecule has 0 atom stereocenters. The van der Waals surface area contributed by atoms with Crippen LogP contribution in [0.3, 0.4) is 0 Å². The monoisotopic (exact) mass is 322 g/mol. The number of fused-ring (bicyclic) bond motifs is 1. The summed E-state index contributed by atoms with van der Waals surface area (Å²) in [5.41, 5.74) is 1.64. The molecule has 8 nitrogen and oxygen atoms in total. The van der Waals surface area contributed by atoms with E-state index in [2.05, 4.69) is 12.0 Å². The van der Waals surface area contributed by atoms with Gasteiger partial charge in [0.15, 0.2) is 0 Å². The quantitative estimate of drug-likeness (QED) is 0.773. The number of amides is 2. The third-order valence-corrected chi connectivity index (χ3v) is 4.11. The second-order valence-corrected chi connectivity index (χ2v) is 5.69. The first-order valence-electron chi connectivity index (χ1n) is 8.05. The van der Waals surface area contributed by atoms with Crippen LogP contribution in [0.15, 0.2) is 6.20 Å². The van der Waals surface area contributed by atoms with Crippen molar-refractivity contribution in [3.05, 3.63) is 11.9 Å². The molecule has 126 valence electrons. The second kappa shape index (κ2) is 6.99. The molecule has 2 amide bonds. The molecule has 8 heteroatoms. The number of unbranched alkanes of at least 4 members (excludes halogenated alkanes) is 1. The normalized spacial score (nSPS) is 18.0. The molecule has 3 heterocycles. The largest absolute Gasteiger partial charge is 0.449 e. The van der Waals surface area contributed by atoms with Crippen molar-refractivity contribution >= 4 is 17.7 Å². The third kappa shape index (κ3) is 3.31. The summed E-state index contributed by atoms with van der Waals surface area (Å²) in [5.74, 6) is -0.0744. The van der Waals surface area contributed by atoms with E-state index in [0.29, 0.717) is 39.4 Å². The molecule has 1 aromatic rings. The number of carbonyl (C=O) groups is 2. The molecule has 1 aromatic heterocycles. The van der Waals surface area contributed by atoms with E-state index in [9.17, 15) is 9.59 Å². The Morgan fingerprint density at radius 3 is 3.04 bits per heavy atom. The van der Waals surface area contributed by atoms with Crippen molar-refractivity contribution in [3.63, 3.8) is 0 Å². The molecule has 1 saturated heterocycles. The summed E-state index contributed by atoms with van der Waals surface area (Å²) in [7, 11) is 0. The lowest BCUT2D eigenvalue weighted by Gasteiger charge is -2.31. The van der Waals surface area contributed by atoms with E-state index in [0.717, 1.165) is 24.2 Å². The van der Waals surface area contributed by atoms with Crippen LogP contribution in [0.2, 0.25) is 0 Å². The predicted octanol–water partition coefficient (Wildman–Crippen LogP) is 0.999. The maximum absolute atomic E-state index is 12.1. The first kappa shape index (κ1) is 15.8. The zero-order chi connectivity index (χ0) is 16.2. The van der Waals surface area contributed by atoms with E-state index in [4.69, 9.17) is 9.47 Å². The van der Waals surface area contributed by atoms with Crippen LogP contribution < -0.4 is 4.90 Å². The molecule has 0 aliphatic carbocycles. The summed E-state index contributed by atoms with van der Waals surface area (Å²) in [4.78, 5) is 27.5. The van der Waals surface area contributed by atoms with Crippen LogP contribution in [-0.2, 0) is 27.4 Å². The highest BCUT2D eigenvalue weighted by atomic mass is 16.6. The Hall–Kier alpha value is -2.09. The first-order valence-corrected chi connectivity index (χ1v) is 8.05. The molecule has 0 spiro atoms. The number of morpholine rings is 1. The number of anilines is 1. The summed E-state index contributed by atoms with van der Waals surface area (Å²) in [6.45, 7) is 5.20. The van der Waals surface area contributed by atoms with Crippen molar-refractivity contribution in [1.82, 2.24) is 14.7 Å². The third-order valence-electron chi connectivity index (χ3n) is 4.11. The Bertz CT molecular complexity index is 586. The average Bonchev–Trinajstić information content (AvgIpc) is 2.98. The topological polar surface area (TPSA) is 76.9 Å². The maximum atomic E-state index is 12.1. The minimum Gasteiger partial charge on any atom is -0.449 e. The van der Waals surface area contributed by atoms with Crippen molar-refractivity contribution in [2.45, 2.75) is 32.9 Å². The van der Waals surface area contributed by atoms with Gasteiger partial charge in [0.05, 0.1) is 43.9 Å². The van der Waals surface area contributed by atoms with Gasteiger partial charge in [-0.25, -0.2) is 4.79 Å². The zero-order valence-electron chi connectivity index (χ0n) is 13.4. The molecule has 0 N–H and O–H groups in total. The van der Waals surface area contributed by atoms with Gasteiger partial charge in [-0.3, -0.25) is 9.48 Å². The molecule has 0 radical (unpaired) electrons. The molecule has 3 rings (SSSR count). The van der Waals surface area contributed by atoms with Gasteiger partial charge in [-0.2, -0.15) is 5.10 Å². The molecule has 0 aromatic carbocycles. The van der Waals surface area contributed by atoms with Gasteiger partial charge in [0.25, 0.3) is 5.91 Å². The highest BCUT2D eigenvalue weighted by Gasteiger charge is 2.30. The van der Waals surface area contributed by atoms with E-state index in [1.165, 1.54) is 0 Å². The molecule has 0 unspecified atom stereocenters. The van der Waals surface area contributed by atoms with Gasteiger partial charge in [-0.15, -0.1) is 0 Å². The smallest absolute Gasteiger partial charge is 0.410 e. The number of ether oxygens (including phenoxy) is 2. The van der Waals surface area contributed by atoms with Crippen LogP contribution in [0.4, 0.5) is 10.5 Å². The van der Waals surface area contributed by atoms with Crippen molar-refractivity contribution in [2.24, 2.45) is 0 Å². The van der Waals surface area contributed by atoms with E-state index in [-0.39, 0.29) is 18.6 Å². The van der Waals surface area contributed by atoms with Gasteiger partial charge in [0.2, 0.25) is 0 Å². The lowest BCUT2D eigenvalue weighted by molar-refractivity contribution is -0.125. The molecule has 0 bridgehead atoms. The summed E-state index contributed by atoms with van der Waals surface area (Å²) in [5, 5.41) is 4.34.